The molecule has 0 unspecified atom stereocenters. The van der Waals surface area contributed by atoms with Crippen LogP contribution in [-0.4, -0.2) is 23.4 Å². The number of methoxy groups -OCH3 is 1. The molecular formula is C21H21N3O4. The molecule has 0 fully saturated rings. The number of nitriles is 1. The van der Waals surface area contributed by atoms with E-state index in [1.807, 2.05) is 19.9 Å². The van der Waals surface area contributed by atoms with Crippen LogP contribution in [0.5, 0.6) is 5.75 Å². The number of benzene rings is 1. The number of amides is 1. The number of Topliss-reactive ketones (excluding diaryl/α,β-unsaturated/α-hetero) is 1. The van der Waals surface area contributed by atoms with Gasteiger partial charge in [0.2, 0.25) is 5.91 Å². The Morgan fingerprint density at radius 2 is 2.00 bits per heavy atom. The number of pyridine rings is 1. The summed E-state index contributed by atoms with van der Waals surface area (Å²) in [6.07, 6.45) is 0.799. The van der Waals surface area contributed by atoms with Gasteiger partial charge in [0.15, 0.2) is 5.78 Å². The second-order valence-electron chi connectivity index (χ2n) is 7.61. The number of aromatic nitrogens is 1. The fourth-order valence-electron chi connectivity index (χ4n) is 3.51. The number of ketones is 1. The van der Waals surface area contributed by atoms with Gasteiger partial charge in [-0.3, -0.25) is 14.4 Å². The molecule has 1 heterocycles. The molecule has 1 aliphatic carbocycles. The van der Waals surface area contributed by atoms with Crippen molar-refractivity contribution in [1.82, 2.24) is 4.57 Å². The molecular weight excluding hydrogens is 358 g/mol. The van der Waals surface area contributed by atoms with Gasteiger partial charge in [0.05, 0.1) is 12.8 Å². The summed E-state index contributed by atoms with van der Waals surface area (Å²) < 4.78 is 6.47. The molecule has 28 heavy (non-hydrogen) atoms. The molecule has 1 amide bonds. The summed E-state index contributed by atoms with van der Waals surface area (Å²) in [5, 5.41) is 12.0. The highest BCUT2D eigenvalue weighted by Crippen LogP contribution is 2.34. The smallest absolute Gasteiger partial charge is 0.269 e. The average molecular weight is 379 g/mol. The fraction of sp³-hybridized carbons (Fsp3) is 0.333. The molecule has 1 aromatic heterocycles. The Hall–Kier alpha value is -3.40. The number of nitrogens with zero attached hydrogens (tertiary/aromatic N) is 2. The number of para-hydroxylation sites is 2. The zero-order valence-electron chi connectivity index (χ0n) is 16.0. The van der Waals surface area contributed by atoms with Crippen molar-refractivity contribution < 1.29 is 14.3 Å². The molecule has 7 heteroatoms. The predicted molar refractivity (Wildman–Crippen MR) is 103 cm³/mol. The Labute approximate surface area is 162 Å². The summed E-state index contributed by atoms with van der Waals surface area (Å²) in [6, 6.07) is 10.1. The van der Waals surface area contributed by atoms with Crippen molar-refractivity contribution in [2.24, 2.45) is 5.41 Å². The first kappa shape index (κ1) is 19.4. The van der Waals surface area contributed by atoms with Crippen LogP contribution in [0.15, 0.2) is 35.1 Å². The zero-order valence-corrected chi connectivity index (χ0v) is 16.0. The van der Waals surface area contributed by atoms with Crippen LogP contribution in [0, 0.1) is 16.7 Å². The van der Waals surface area contributed by atoms with E-state index < -0.39 is 11.5 Å². The Bertz CT molecular complexity index is 1060. The molecule has 0 bridgehead atoms. The van der Waals surface area contributed by atoms with Gasteiger partial charge in [-0.05, 0) is 30.0 Å². The van der Waals surface area contributed by atoms with E-state index in [0.717, 1.165) is 0 Å². The largest absolute Gasteiger partial charge is 0.495 e. The van der Waals surface area contributed by atoms with Gasteiger partial charge in [-0.15, -0.1) is 0 Å². The average Bonchev–Trinajstić information content (AvgIpc) is 2.64. The van der Waals surface area contributed by atoms with Crippen molar-refractivity contribution in [1.29, 1.82) is 5.26 Å². The number of hydrogen-bond donors (Lipinski definition) is 1. The van der Waals surface area contributed by atoms with Crippen LogP contribution in [0.2, 0.25) is 0 Å². The molecule has 0 radical (unpaired) electrons. The van der Waals surface area contributed by atoms with Crippen molar-refractivity contribution in [2.45, 2.75) is 33.2 Å². The van der Waals surface area contributed by atoms with Crippen molar-refractivity contribution in [3.8, 4) is 11.8 Å². The van der Waals surface area contributed by atoms with E-state index in [1.54, 1.807) is 24.3 Å². The van der Waals surface area contributed by atoms with Gasteiger partial charge in [-0.1, -0.05) is 26.0 Å². The monoisotopic (exact) mass is 379 g/mol. The molecule has 0 spiro atoms. The van der Waals surface area contributed by atoms with Crippen molar-refractivity contribution in [3.05, 3.63) is 57.5 Å². The molecule has 0 atom stereocenters. The highest BCUT2D eigenvalue weighted by molar-refractivity contribution is 5.99. The van der Waals surface area contributed by atoms with Gasteiger partial charge >= 0.3 is 0 Å². The van der Waals surface area contributed by atoms with Crippen LogP contribution in [-0.2, 0) is 17.8 Å². The number of rotatable bonds is 4. The molecule has 7 nitrogen and oxygen atoms in total. The van der Waals surface area contributed by atoms with Crippen LogP contribution in [0.1, 0.15) is 41.9 Å². The summed E-state index contributed by atoms with van der Waals surface area (Å²) in [7, 11) is 1.50. The third-order valence-corrected chi connectivity index (χ3v) is 4.79. The Balaban J connectivity index is 2.01. The minimum atomic E-state index is -0.568. The number of carbonyl (C=O) groups excluding carboxylic acids is 2. The fourth-order valence-corrected chi connectivity index (χ4v) is 3.51. The van der Waals surface area contributed by atoms with Crippen LogP contribution in [0.3, 0.4) is 0 Å². The van der Waals surface area contributed by atoms with E-state index in [9.17, 15) is 19.6 Å². The lowest BCUT2D eigenvalue weighted by molar-refractivity contribution is -0.116. The highest BCUT2D eigenvalue weighted by Gasteiger charge is 2.34. The topological polar surface area (TPSA) is 101 Å². The van der Waals surface area contributed by atoms with Gasteiger partial charge in [-0.25, -0.2) is 0 Å². The first-order valence-corrected chi connectivity index (χ1v) is 8.88. The van der Waals surface area contributed by atoms with Crippen LogP contribution in [0.25, 0.3) is 0 Å². The van der Waals surface area contributed by atoms with Crippen molar-refractivity contribution >= 4 is 17.4 Å². The molecule has 0 aliphatic heterocycles. The quantitative estimate of drug-likeness (QED) is 0.880. The molecule has 1 aromatic carbocycles. The molecule has 144 valence electrons. The predicted octanol–water partition coefficient (Wildman–Crippen LogP) is 2.52. The van der Waals surface area contributed by atoms with E-state index in [-0.39, 0.29) is 23.3 Å². The number of nitrogens with one attached hydrogen (secondary N) is 1. The maximum absolute atomic E-state index is 12.7. The van der Waals surface area contributed by atoms with Gasteiger partial charge in [-0.2, -0.15) is 5.26 Å². The second-order valence-corrected chi connectivity index (χ2v) is 7.61. The second kappa shape index (κ2) is 7.31. The highest BCUT2D eigenvalue weighted by atomic mass is 16.5. The van der Waals surface area contributed by atoms with Gasteiger partial charge in [0, 0.05) is 17.7 Å². The number of hydrogen-bond acceptors (Lipinski definition) is 5. The molecule has 1 aliphatic rings. The molecule has 0 saturated carbocycles. The van der Waals surface area contributed by atoms with E-state index in [2.05, 4.69) is 5.32 Å². The van der Waals surface area contributed by atoms with Crippen LogP contribution < -0.4 is 15.6 Å². The van der Waals surface area contributed by atoms with Gasteiger partial charge in [0.25, 0.3) is 5.56 Å². The van der Waals surface area contributed by atoms with Crippen LogP contribution in [0.4, 0.5) is 5.69 Å². The maximum Gasteiger partial charge on any atom is 0.269 e. The minimum absolute atomic E-state index is 0.123. The van der Waals surface area contributed by atoms with E-state index in [1.165, 1.54) is 17.7 Å². The number of carbonyl (C=O) groups is 2. The SMILES string of the molecule is COc1ccccc1NC(=O)Cn1c2c(cc(C#N)c1=O)C(=O)CC(C)(C)C2. The minimum Gasteiger partial charge on any atom is -0.495 e. The third kappa shape index (κ3) is 3.67. The standard InChI is InChI=1S/C21H21N3O4/c1-21(2)9-16-14(17(25)10-21)8-13(11-22)20(27)24(16)12-19(26)23-15-6-4-5-7-18(15)28-3/h4-8H,9-10,12H2,1-3H3,(H,23,26). The Morgan fingerprint density at radius 1 is 1.29 bits per heavy atom. The maximum atomic E-state index is 12.7. The molecule has 2 aromatic rings. The first-order valence-electron chi connectivity index (χ1n) is 8.88. The van der Waals surface area contributed by atoms with Crippen molar-refractivity contribution in [2.75, 3.05) is 12.4 Å². The molecule has 3 rings (SSSR count). The number of anilines is 1. The summed E-state index contributed by atoms with van der Waals surface area (Å²) in [5.74, 6) is -0.0753. The van der Waals surface area contributed by atoms with E-state index >= 15 is 0 Å². The summed E-state index contributed by atoms with van der Waals surface area (Å²) >= 11 is 0. The Morgan fingerprint density at radius 3 is 2.68 bits per heavy atom. The first-order chi connectivity index (χ1) is 13.3. The third-order valence-electron chi connectivity index (χ3n) is 4.79. The lowest BCUT2D eigenvalue weighted by atomic mass is 9.75. The van der Waals surface area contributed by atoms with E-state index in [0.29, 0.717) is 35.5 Å². The van der Waals surface area contributed by atoms with Gasteiger partial charge in [0.1, 0.15) is 23.9 Å². The normalized spacial score (nSPS) is 14.7. The van der Waals surface area contributed by atoms with E-state index in [4.69, 9.17) is 4.74 Å². The van der Waals surface area contributed by atoms with Crippen LogP contribution >= 0.6 is 0 Å². The summed E-state index contributed by atoms with van der Waals surface area (Å²) in [4.78, 5) is 37.9. The van der Waals surface area contributed by atoms with Gasteiger partial charge < -0.3 is 14.6 Å². The summed E-state index contributed by atoms with van der Waals surface area (Å²) in [5.41, 5.74) is 0.288. The lowest BCUT2D eigenvalue weighted by Gasteiger charge is -2.32. The Kier molecular flexibility index (Phi) is 5.06. The number of ether oxygens (including phenoxy) is 1. The lowest BCUT2D eigenvalue weighted by Crippen LogP contribution is -2.38. The molecule has 1 N–H and O–H groups in total. The van der Waals surface area contributed by atoms with Crippen molar-refractivity contribution in [3.63, 3.8) is 0 Å². The zero-order chi connectivity index (χ0) is 20.5. The number of fused-ring (bicyclic) bond motifs is 1. The summed E-state index contributed by atoms with van der Waals surface area (Å²) in [6.45, 7) is 3.59. The molecule has 0 saturated heterocycles.